The first-order chi connectivity index (χ1) is 11.1. The van der Waals surface area contributed by atoms with Crippen LogP contribution in [-0.4, -0.2) is 53.2 Å². The van der Waals surface area contributed by atoms with Gasteiger partial charge in [0.25, 0.3) is 5.91 Å². The number of aryl methyl sites for hydroxylation is 1. The number of carbonyl (C=O) groups is 1. The fraction of sp³-hybridized carbons (Fsp3) is 0.529. The Morgan fingerprint density at radius 2 is 2.09 bits per heavy atom. The third kappa shape index (κ3) is 2.19. The number of alkyl halides is 1. The Balaban J connectivity index is 1.81. The van der Waals surface area contributed by atoms with Crippen molar-refractivity contribution in [1.82, 2.24) is 14.5 Å². The summed E-state index contributed by atoms with van der Waals surface area (Å²) in [5.41, 5.74) is 2.64. The van der Waals surface area contributed by atoms with Crippen LogP contribution in [0.2, 0.25) is 0 Å². The highest BCUT2D eigenvalue weighted by Gasteiger charge is 2.29. The van der Waals surface area contributed by atoms with Crippen LogP contribution in [0.3, 0.4) is 0 Å². The number of amides is 1. The van der Waals surface area contributed by atoms with E-state index in [4.69, 9.17) is 4.98 Å². The average molecular weight is 315 g/mol. The highest BCUT2D eigenvalue weighted by molar-refractivity contribution is 6.08. The number of fused-ring (bicyclic) bond motifs is 3. The first-order valence-electron chi connectivity index (χ1n) is 8.19. The molecule has 4 heterocycles. The zero-order valence-corrected chi connectivity index (χ0v) is 13.5. The molecule has 5 nitrogen and oxygen atoms in total. The molecule has 1 saturated heterocycles. The van der Waals surface area contributed by atoms with Crippen molar-refractivity contribution in [3.8, 4) is 0 Å². The molecule has 6 heteroatoms. The minimum absolute atomic E-state index is 0.0631. The van der Waals surface area contributed by atoms with Crippen molar-refractivity contribution in [1.29, 1.82) is 0 Å². The van der Waals surface area contributed by atoms with Crippen LogP contribution in [0.5, 0.6) is 0 Å². The van der Waals surface area contributed by atoms with Gasteiger partial charge in [0.2, 0.25) is 0 Å². The number of nitrogens with zero attached hydrogens (tertiary/aromatic N) is 4. The topological polar surface area (TPSA) is 41.4 Å². The summed E-state index contributed by atoms with van der Waals surface area (Å²) in [7, 11) is 3.80. The van der Waals surface area contributed by atoms with E-state index in [2.05, 4.69) is 0 Å². The van der Waals surface area contributed by atoms with E-state index < -0.39 is 6.17 Å². The smallest absolute Gasteiger partial charge is 0.256 e. The fourth-order valence-corrected chi connectivity index (χ4v) is 3.75. The number of pyridine rings is 1. The Morgan fingerprint density at radius 1 is 1.26 bits per heavy atom. The molecule has 2 aliphatic rings. The summed E-state index contributed by atoms with van der Waals surface area (Å²) in [5, 5.41) is 0.900. The molecule has 1 atom stereocenters. The van der Waals surface area contributed by atoms with Crippen molar-refractivity contribution in [3.05, 3.63) is 23.4 Å². The van der Waals surface area contributed by atoms with Crippen molar-refractivity contribution in [3.63, 3.8) is 0 Å². The van der Waals surface area contributed by atoms with Crippen LogP contribution < -0.4 is 4.90 Å². The van der Waals surface area contributed by atoms with Crippen molar-refractivity contribution >= 4 is 22.8 Å². The molecule has 1 amide bonds. The van der Waals surface area contributed by atoms with Crippen LogP contribution in [-0.2, 0) is 13.5 Å². The predicted molar refractivity (Wildman–Crippen MR) is 87.7 cm³/mol. The van der Waals surface area contributed by atoms with E-state index >= 15 is 0 Å². The summed E-state index contributed by atoms with van der Waals surface area (Å²) in [6.07, 6.45) is 1.56. The van der Waals surface area contributed by atoms with E-state index in [0.29, 0.717) is 13.0 Å². The molecule has 4 rings (SSSR count). The Kier molecular flexibility index (Phi) is 3.28. The molecule has 23 heavy (non-hydrogen) atoms. The van der Waals surface area contributed by atoms with Gasteiger partial charge in [-0.15, -0.1) is 0 Å². The minimum atomic E-state index is -0.780. The van der Waals surface area contributed by atoms with Gasteiger partial charge in [-0.3, -0.25) is 4.79 Å². The summed E-state index contributed by atoms with van der Waals surface area (Å²) in [6.45, 7) is 1.98. The maximum atomic E-state index is 13.7. The fourth-order valence-electron chi connectivity index (χ4n) is 3.75. The Hall–Kier alpha value is -2.11. The lowest BCUT2D eigenvalue weighted by molar-refractivity contribution is 0.0781. The van der Waals surface area contributed by atoms with E-state index in [1.54, 1.807) is 4.90 Å². The molecule has 2 aromatic heterocycles. The van der Waals surface area contributed by atoms with E-state index in [9.17, 15) is 9.18 Å². The summed E-state index contributed by atoms with van der Waals surface area (Å²) >= 11 is 0. The molecule has 2 aromatic rings. The third-order valence-corrected chi connectivity index (χ3v) is 5.07. The highest BCUT2D eigenvalue weighted by Crippen LogP contribution is 2.31. The molecule has 0 aliphatic carbocycles. The van der Waals surface area contributed by atoms with Crippen LogP contribution in [0.1, 0.15) is 28.9 Å². The van der Waals surface area contributed by atoms with Gasteiger partial charge in [-0.1, -0.05) is 0 Å². The number of likely N-dealkylation sites (N-methyl/N-ethyl adjacent to an activating group) is 1. The first kappa shape index (κ1) is 14.5. The van der Waals surface area contributed by atoms with Crippen LogP contribution in [0.4, 0.5) is 10.2 Å². The molecule has 1 fully saturated rings. The molecule has 122 valence electrons. The molecule has 0 unspecified atom stereocenters. The Bertz CT molecular complexity index is 784. The number of hydrogen-bond donors (Lipinski definition) is 0. The molecule has 0 spiro atoms. The van der Waals surface area contributed by atoms with Crippen LogP contribution >= 0.6 is 0 Å². The van der Waals surface area contributed by atoms with Gasteiger partial charge in [0, 0.05) is 44.7 Å². The van der Waals surface area contributed by atoms with E-state index in [0.717, 1.165) is 54.0 Å². The Morgan fingerprint density at radius 3 is 2.87 bits per heavy atom. The number of halogens is 1. The van der Waals surface area contributed by atoms with E-state index in [1.807, 2.05) is 35.7 Å². The van der Waals surface area contributed by atoms with Crippen LogP contribution in [0.15, 0.2) is 12.1 Å². The molecular formula is C17H21FN4O. The molecule has 0 bridgehead atoms. The second-order valence-corrected chi connectivity index (χ2v) is 6.58. The lowest BCUT2D eigenvalue weighted by Gasteiger charge is -2.30. The molecule has 0 saturated carbocycles. The first-order valence-corrected chi connectivity index (χ1v) is 8.19. The summed E-state index contributed by atoms with van der Waals surface area (Å²) in [5.74, 6) is 0.867. The normalized spacial score (nSPS) is 21.9. The second kappa shape index (κ2) is 5.22. The van der Waals surface area contributed by atoms with Gasteiger partial charge in [0.1, 0.15) is 17.6 Å². The minimum Gasteiger partial charge on any atom is -0.354 e. The van der Waals surface area contributed by atoms with Gasteiger partial charge in [0.05, 0.1) is 12.1 Å². The molecule has 0 radical (unpaired) electrons. The van der Waals surface area contributed by atoms with Gasteiger partial charge in [-0.2, -0.15) is 0 Å². The zero-order chi connectivity index (χ0) is 16.1. The molecule has 2 aliphatic heterocycles. The lowest BCUT2D eigenvalue weighted by Crippen LogP contribution is -2.36. The average Bonchev–Trinajstić information content (AvgIpc) is 2.84. The predicted octanol–water partition coefficient (Wildman–Crippen LogP) is 2.14. The number of piperidine rings is 1. The number of carbonyl (C=O) groups excluding carboxylic acids is 1. The van der Waals surface area contributed by atoms with Crippen molar-refractivity contribution in [2.45, 2.75) is 25.4 Å². The van der Waals surface area contributed by atoms with Gasteiger partial charge < -0.3 is 14.4 Å². The summed E-state index contributed by atoms with van der Waals surface area (Å²) in [4.78, 5) is 21.0. The Labute approximate surface area is 134 Å². The van der Waals surface area contributed by atoms with Crippen molar-refractivity contribution in [2.24, 2.45) is 7.05 Å². The number of aromatic nitrogens is 2. The zero-order valence-electron chi connectivity index (χ0n) is 13.5. The highest BCUT2D eigenvalue weighted by atomic mass is 18.2. The number of anilines is 1. The molecular weight excluding hydrogens is 294 g/mol. The maximum absolute atomic E-state index is 13.7. The number of rotatable bonds is 1. The van der Waals surface area contributed by atoms with Crippen LogP contribution in [0.25, 0.3) is 11.0 Å². The van der Waals surface area contributed by atoms with Gasteiger partial charge in [0.15, 0.2) is 0 Å². The maximum Gasteiger partial charge on any atom is 0.256 e. The van der Waals surface area contributed by atoms with Crippen molar-refractivity contribution < 1.29 is 9.18 Å². The standard InChI is InChI=1S/C17H21FN4O/c1-20-9-7-13-15(17(20)23)12-5-6-14(19-16(12)21(13)2)22-8-3-4-11(18)10-22/h5-6,11H,3-4,7-10H2,1-2H3/t11-/m0/s1/i18-1. The second-order valence-electron chi connectivity index (χ2n) is 6.58. The van der Waals surface area contributed by atoms with E-state index in [-0.39, 0.29) is 5.91 Å². The quantitative estimate of drug-likeness (QED) is 0.809. The summed E-state index contributed by atoms with van der Waals surface area (Å²) < 4.78 is 15.7. The van der Waals surface area contributed by atoms with Crippen LogP contribution in [0, 0.1) is 0 Å². The largest absolute Gasteiger partial charge is 0.354 e. The van der Waals surface area contributed by atoms with Gasteiger partial charge >= 0.3 is 0 Å². The molecule has 0 aromatic carbocycles. The van der Waals surface area contributed by atoms with Gasteiger partial charge in [-0.25, -0.2) is 9.37 Å². The van der Waals surface area contributed by atoms with Crippen molar-refractivity contribution in [2.75, 3.05) is 31.6 Å². The lowest BCUT2D eigenvalue weighted by atomic mass is 10.0. The summed E-state index contributed by atoms with van der Waals surface area (Å²) in [6, 6.07) is 3.89. The molecule has 0 N–H and O–H groups in total. The third-order valence-electron chi connectivity index (χ3n) is 5.07. The SMILES string of the molecule is CN1CCc2c(c3ccc(N4CCC[C@H]([18F])C4)nc3n2C)C1=O. The number of hydrogen-bond acceptors (Lipinski definition) is 3. The van der Waals surface area contributed by atoms with E-state index in [1.165, 1.54) is 0 Å². The van der Waals surface area contributed by atoms with Gasteiger partial charge in [-0.05, 0) is 25.0 Å². The monoisotopic (exact) mass is 315 g/mol.